The minimum Gasteiger partial charge on any atom is -0.479 e. The number of rotatable bonds is 7. The van der Waals surface area contributed by atoms with E-state index in [1.54, 1.807) is 25.1 Å². The molecule has 0 aliphatic carbocycles. The van der Waals surface area contributed by atoms with Crippen LogP contribution in [0.15, 0.2) is 41.8 Å². The van der Waals surface area contributed by atoms with Crippen LogP contribution in [-0.4, -0.2) is 24.2 Å². The second kappa shape index (κ2) is 7.77. The van der Waals surface area contributed by atoms with E-state index >= 15 is 0 Å². The van der Waals surface area contributed by atoms with E-state index in [-0.39, 0.29) is 25.5 Å². The fraction of sp³-hybridized carbons (Fsp3) is 0.294. The summed E-state index contributed by atoms with van der Waals surface area (Å²) in [5, 5.41) is 23.5. The van der Waals surface area contributed by atoms with E-state index < -0.39 is 5.60 Å². The van der Waals surface area contributed by atoms with Crippen molar-refractivity contribution in [2.75, 3.05) is 13.2 Å². The molecule has 1 atom stereocenters. The Labute approximate surface area is 139 Å². The summed E-state index contributed by atoms with van der Waals surface area (Å²) in [6, 6.07) is 12.7. The molecule has 1 aromatic heterocycles. The van der Waals surface area contributed by atoms with Crippen molar-refractivity contribution in [1.82, 2.24) is 5.32 Å². The van der Waals surface area contributed by atoms with Gasteiger partial charge in [-0.2, -0.15) is 5.26 Å². The summed E-state index contributed by atoms with van der Waals surface area (Å²) in [6.45, 7) is 1.80. The van der Waals surface area contributed by atoms with E-state index in [9.17, 15) is 9.90 Å². The third-order valence-corrected chi connectivity index (χ3v) is 4.37. The minimum absolute atomic E-state index is 0.0284. The van der Waals surface area contributed by atoms with Gasteiger partial charge in [-0.05, 0) is 36.1 Å². The first-order chi connectivity index (χ1) is 11.0. The standard InChI is InChI=1S/C17H18N2O3S/c1-17(21,15-6-3-9-23-15)12-19-16(20)11-13-4-2-5-14(10-13)22-8-7-18/h2-6,9-10,21H,8,11-12H2,1H3,(H,19,20). The van der Waals surface area contributed by atoms with Gasteiger partial charge in [0.1, 0.15) is 17.4 Å². The first-order valence-corrected chi connectivity index (χ1v) is 8.01. The molecule has 0 aliphatic rings. The van der Waals surface area contributed by atoms with Crippen molar-refractivity contribution in [2.45, 2.75) is 18.9 Å². The highest BCUT2D eigenvalue weighted by atomic mass is 32.1. The molecule has 2 aromatic rings. The maximum absolute atomic E-state index is 12.0. The topological polar surface area (TPSA) is 82.3 Å². The Morgan fingerprint density at radius 2 is 2.26 bits per heavy atom. The summed E-state index contributed by atoms with van der Waals surface area (Å²) in [6.07, 6.45) is 0.185. The molecule has 120 valence electrons. The van der Waals surface area contributed by atoms with Crippen molar-refractivity contribution in [3.63, 3.8) is 0 Å². The molecule has 23 heavy (non-hydrogen) atoms. The molecular formula is C17H18N2O3S. The highest BCUT2D eigenvalue weighted by Crippen LogP contribution is 2.24. The molecule has 0 bridgehead atoms. The van der Waals surface area contributed by atoms with Gasteiger partial charge in [0.05, 0.1) is 13.0 Å². The molecule has 6 heteroatoms. The van der Waals surface area contributed by atoms with Crippen LogP contribution in [0.2, 0.25) is 0 Å². The second-order valence-corrected chi connectivity index (χ2v) is 6.25. The van der Waals surface area contributed by atoms with Crippen LogP contribution in [0.3, 0.4) is 0 Å². The summed E-state index contributed by atoms with van der Waals surface area (Å²) in [7, 11) is 0. The van der Waals surface area contributed by atoms with Crippen LogP contribution in [0.5, 0.6) is 5.75 Å². The Morgan fingerprint density at radius 3 is 2.96 bits per heavy atom. The number of carbonyl (C=O) groups is 1. The van der Waals surface area contributed by atoms with Crippen molar-refractivity contribution < 1.29 is 14.6 Å². The second-order valence-electron chi connectivity index (χ2n) is 5.30. The maximum atomic E-state index is 12.0. The first kappa shape index (κ1) is 17.0. The summed E-state index contributed by atoms with van der Waals surface area (Å²) in [4.78, 5) is 12.9. The molecular weight excluding hydrogens is 312 g/mol. The molecule has 0 aliphatic heterocycles. The summed E-state index contributed by atoms with van der Waals surface area (Å²) in [5.41, 5.74) is -0.296. The number of amides is 1. The molecule has 0 spiro atoms. The molecule has 0 saturated carbocycles. The quantitative estimate of drug-likeness (QED) is 0.815. The minimum atomic E-state index is -1.08. The lowest BCUT2D eigenvalue weighted by atomic mass is 10.0. The molecule has 0 saturated heterocycles. The molecule has 1 amide bonds. The summed E-state index contributed by atoms with van der Waals surface area (Å²) in [5.74, 6) is 0.377. The van der Waals surface area contributed by atoms with Crippen LogP contribution in [-0.2, 0) is 16.8 Å². The van der Waals surface area contributed by atoms with Gasteiger partial charge < -0.3 is 15.2 Å². The van der Waals surface area contributed by atoms with Crippen molar-refractivity contribution >= 4 is 17.2 Å². The van der Waals surface area contributed by atoms with Crippen LogP contribution in [0.4, 0.5) is 0 Å². The molecule has 0 fully saturated rings. The van der Waals surface area contributed by atoms with E-state index in [1.807, 2.05) is 29.6 Å². The first-order valence-electron chi connectivity index (χ1n) is 7.13. The highest BCUT2D eigenvalue weighted by Gasteiger charge is 2.24. The Hall–Kier alpha value is -2.36. The lowest BCUT2D eigenvalue weighted by Gasteiger charge is -2.22. The van der Waals surface area contributed by atoms with Gasteiger partial charge in [-0.25, -0.2) is 0 Å². The van der Waals surface area contributed by atoms with E-state index in [1.165, 1.54) is 11.3 Å². The van der Waals surface area contributed by atoms with Gasteiger partial charge >= 0.3 is 0 Å². The van der Waals surface area contributed by atoms with Crippen LogP contribution < -0.4 is 10.1 Å². The number of carbonyl (C=O) groups excluding carboxylic acids is 1. The zero-order chi connectivity index (χ0) is 16.7. The smallest absolute Gasteiger partial charge is 0.224 e. The molecule has 0 radical (unpaired) electrons. The average Bonchev–Trinajstić information content (AvgIpc) is 3.07. The van der Waals surface area contributed by atoms with Gasteiger partial charge in [0.15, 0.2) is 6.61 Å². The molecule has 1 unspecified atom stereocenters. The molecule has 5 nitrogen and oxygen atoms in total. The van der Waals surface area contributed by atoms with Gasteiger partial charge in [0.2, 0.25) is 5.91 Å². The molecule has 1 aromatic carbocycles. The number of nitrogens with one attached hydrogen (secondary N) is 1. The van der Waals surface area contributed by atoms with Crippen LogP contribution in [0.1, 0.15) is 17.4 Å². The summed E-state index contributed by atoms with van der Waals surface area (Å²) >= 11 is 1.45. The lowest BCUT2D eigenvalue weighted by molar-refractivity contribution is -0.121. The third-order valence-electron chi connectivity index (χ3n) is 3.25. The largest absolute Gasteiger partial charge is 0.479 e. The fourth-order valence-corrected chi connectivity index (χ4v) is 2.84. The number of ether oxygens (including phenoxy) is 1. The zero-order valence-electron chi connectivity index (χ0n) is 12.8. The Kier molecular flexibility index (Phi) is 5.74. The molecule has 2 N–H and O–H groups in total. The van der Waals surface area contributed by atoms with E-state index in [0.29, 0.717) is 5.75 Å². The Bertz CT molecular complexity index is 690. The van der Waals surface area contributed by atoms with Crippen LogP contribution in [0.25, 0.3) is 0 Å². The van der Waals surface area contributed by atoms with Gasteiger partial charge in [0, 0.05) is 4.88 Å². The lowest BCUT2D eigenvalue weighted by Crippen LogP contribution is -2.38. The Morgan fingerprint density at radius 1 is 1.43 bits per heavy atom. The predicted molar refractivity (Wildman–Crippen MR) is 88.2 cm³/mol. The number of hydrogen-bond donors (Lipinski definition) is 2. The zero-order valence-corrected chi connectivity index (χ0v) is 13.6. The number of hydrogen-bond acceptors (Lipinski definition) is 5. The number of nitrogens with zero attached hydrogens (tertiary/aromatic N) is 1. The van der Waals surface area contributed by atoms with Crippen molar-refractivity contribution in [3.8, 4) is 11.8 Å². The highest BCUT2D eigenvalue weighted by molar-refractivity contribution is 7.10. The van der Waals surface area contributed by atoms with Gasteiger partial charge in [-0.1, -0.05) is 18.2 Å². The van der Waals surface area contributed by atoms with Crippen molar-refractivity contribution in [2.24, 2.45) is 0 Å². The number of thiophene rings is 1. The van der Waals surface area contributed by atoms with Crippen LogP contribution >= 0.6 is 11.3 Å². The number of benzene rings is 1. The maximum Gasteiger partial charge on any atom is 0.224 e. The Balaban J connectivity index is 1.89. The number of nitriles is 1. The van der Waals surface area contributed by atoms with Crippen molar-refractivity contribution in [3.05, 3.63) is 52.2 Å². The van der Waals surface area contributed by atoms with Gasteiger partial charge in [0.25, 0.3) is 0 Å². The predicted octanol–water partition coefficient (Wildman–Crippen LogP) is 2.22. The summed E-state index contributed by atoms with van der Waals surface area (Å²) < 4.78 is 5.21. The van der Waals surface area contributed by atoms with E-state index in [0.717, 1.165) is 10.4 Å². The van der Waals surface area contributed by atoms with Crippen LogP contribution in [0, 0.1) is 11.3 Å². The molecule has 2 rings (SSSR count). The SMILES string of the molecule is CC(O)(CNC(=O)Cc1cccc(OCC#N)c1)c1cccs1. The van der Waals surface area contributed by atoms with Crippen molar-refractivity contribution in [1.29, 1.82) is 5.26 Å². The van der Waals surface area contributed by atoms with E-state index in [2.05, 4.69) is 5.32 Å². The normalized spacial score (nSPS) is 12.9. The third kappa shape index (κ3) is 5.09. The van der Waals surface area contributed by atoms with E-state index in [4.69, 9.17) is 10.00 Å². The monoisotopic (exact) mass is 330 g/mol. The van der Waals surface area contributed by atoms with Gasteiger partial charge in [-0.3, -0.25) is 4.79 Å². The number of aliphatic hydroxyl groups is 1. The van der Waals surface area contributed by atoms with Gasteiger partial charge in [-0.15, -0.1) is 11.3 Å². The molecule has 1 heterocycles. The average molecular weight is 330 g/mol. The fourth-order valence-electron chi connectivity index (χ4n) is 2.05.